The summed E-state index contributed by atoms with van der Waals surface area (Å²) in [6, 6.07) is -0.225. The molecule has 0 bridgehead atoms. The van der Waals surface area contributed by atoms with E-state index in [1.165, 1.54) is 0 Å². The lowest BCUT2D eigenvalue weighted by Crippen LogP contribution is -2.28. The van der Waals surface area contributed by atoms with Crippen LogP contribution in [0.25, 0.3) is 0 Å². The summed E-state index contributed by atoms with van der Waals surface area (Å²) < 4.78 is 35.5. The molecule has 0 radical (unpaired) electrons. The van der Waals surface area contributed by atoms with Crippen LogP contribution in [0.2, 0.25) is 0 Å². The number of nitrogens with two attached hydrogens (primary N) is 1. The maximum Gasteiger partial charge on any atom is 0.389 e. The van der Waals surface area contributed by atoms with Crippen LogP contribution in [-0.2, 0) is 0 Å². The molecule has 0 heterocycles. The Bertz CT molecular complexity index is 132. The molecule has 1 nitrogen and oxygen atoms in total. The fourth-order valence-corrected chi connectivity index (χ4v) is 1.62. The summed E-state index contributed by atoms with van der Waals surface area (Å²) in [5.41, 5.74) is 5.49. The first-order valence-electron chi connectivity index (χ1n) is 3.81. The second-order valence-corrected chi connectivity index (χ2v) is 3.17. The summed E-state index contributed by atoms with van der Waals surface area (Å²) in [5, 5.41) is 0. The first kappa shape index (κ1) is 8.84. The van der Waals surface area contributed by atoms with Gasteiger partial charge in [0.05, 0.1) is 0 Å². The van der Waals surface area contributed by atoms with E-state index in [4.69, 9.17) is 5.73 Å². The molecular formula is C7H12F3N. The van der Waals surface area contributed by atoms with E-state index < -0.39 is 12.6 Å². The van der Waals surface area contributed by atoms with Gasteiger partial charge < -0.3 is 5.73 Å². The largest absolute Gasteiger partial charge is 0.389 e. The van der Waals surface area contributed by atoms with Gasteiger partial charge in [-0.1, -0.05) is 6.42 Å². The zero-order chi connectivity index (χ0) is 8.48. The number of hydrogen-bond donors (Lipinski definition) is 1. The van der Waals surface area contributed by atoms with E-state index in [2.05, 4.69) is 0 Å². The molecule has 0 saturated heterocycles. The van der Waals surface area contributed by atoms with Crippen molar-refractivity contribution < 1.29 is 13.2 Å². The van der Waals surface area contributed by atoms with Crippen LogP contribution in [0.15, 0.2) is 0 Å². The molecule has 0 aromatic heterocycles. The third kappa shape index (κ3) is 2.69. The maximum atomic E-state index is 11.8. The van der Waals surface area contributed by atoms with E-state index in [1.807, 2.05) is 0 Å². The average Bonchev–Trinajstić information content (AvgIpc) is 2.12. The lowest BCUT2D eigenvalue weighted by molar-refractivity contribution is -0.144. The highest BCUT2D eigenvalue weighted by atomic mass is 19.4. The van der Waals surface area contributed by atoms with Crippen LogP contribution in [0.3, 0.4) is 0 Å². The van der Waals surface area contributed by atoms with Crippen molar-refractivity contribution in [3.8, 4) is 0 Å². The molecule has 2 unspecified atom stereocenters. The van der Waals surface area contributed by atoms with Gasteiger partial charge in [0.25, 0.3) is 0 Å². The molecule has 1 fully saturated rings. The summed E-state index contributed by atoms with van der Waals surface area (Å²) in [4.78, 5) is 0. The zero-order valence-electron chi connectivity index (χ0n) is 6.19. The average molecular weight is 167 g/mol. The summed E-state index contributed by atoms with van der Waals surface area (Å²) in [7, 11) is 0. The van der Waals surface area contributed by atoms with Crippen LogP contribution in [0.1, 0.15) is 25.7 Å². The summed E-state index contributed by atoms with van der Waals surface area (Å²) in [5.74, 6) is -0.324. The van der Waals surface area contributed by atoms with Crippen molar-refractivity contribution in [2.24, 2.45) is 11.7 Å². The molecule has 2 N–H and O–H groups in total. The van der Waals surface area contributed by atoms with Gasteiger partial charge in [0.2, 0.25) is 0 Å². The Balaban J connectivity index is 2.37. The van der Waals surface area contributed by atoms with Crippen molar-refractivity contribution in [2.75, 3.05) is 0 Å². The van der Waals surface area contributed by atoms with Crippen LogP contribution in [0, 0.1) is 5.92 Å². The molecule has 1 aliphatic carbocycles. The van der Waals surface area contributed by atoms with Gasteiger partial charge in [-0.15, -0.1) is 0 Å². The van der Waals surface area contributed by atoms with Gasteiger partial charge in [-0.25, -0.2) is 0 Å². The van der Waals surface area contributed by atoms with Crippen molar-refractivity contribution in [1.29, 1.82) is 0 Å². The SMILES string of the molecule is NC1CCCC1CC(F)(F)F. The highest BCUT2D eigenvalue weighted by molar-refractivity contribution is 4.81. The van der Waals surface area contributed by atoms with E-state index >= 15 is 0 Å². The molecule has 1 aliphatic rings. The predicted molar refractivity (Wildman–Crippen MR) is 36.0 cm³/mol. The molecular weight excluding hydrogens is 155 g/mol. The van der Waals surface area contributed by atoms with Gasteiger partial charge in [-0.3, -0.25) is 0 Å². The maximum absolute atomic E-state index is 11.8. The van der Waals surface area contributed by atoms with Crippen LogP contribution < -0.4 is 5.73 Å². The molecule has 1 rings (SSSR count). The number of alkyl halides is 3. The van der Waals surface area contributed by atoms with Crippen LogP contribution >= 0.6 is 0 Å². The minimum Gasteiger partial charge on any atom is -0.327 e. The fourth-order valence-electron chi connectivity index (χ4n) is 1.62. The highest BCUT2D eigenvalue weighted by Crippen LogP contribution is 2.34. The molecule has 0 aromatic carbocycles. The van der Waals surface area contributed by atoms with Gasteiger partial charge in [0, 0.05) is 12.5 Å². The van der Waals surface area contributed by atoms with Gasteiger partial charge in [0.1, 0.15) is 0 Å². The molecule has 4 heteroatoms. The zero-order valence-corrected chi connectivity index (χ0v) is 6.19. The third-order valence-electron chi connectivity index (χ3n) is 2.21. The normalized spacial score (nSPS) is 32.7. The van der Waals surface area contributed by atoms with Crippen LogP contribution in [0.4, 0.5) is 13.2 Å². The van der Waals surface area contributed by atoms with Crippen molar-refractivity contribution in [1.82, 2.24) is 0 Å². The quantitative estimate of drug-likeness (QED) is 0.635. The monoisotopic (exact) mass is 167 g/mol. The third-order valence-corrected chi connectivity index (χ3v) is 2.21. The van der Waals surface area contributed by atoms with Crippen LogP contribution in [0.5, 0.6) is 0 Å². The van der Waals surface area contributed by atoms with Crippen molar-refractivity contribution in [2.45, 2.75) is 37.9 Å². The Hall–Kier alpha value is -0.250. The molecule has 0 amide bonds. The van der Waals surface area contributed by atoms with Gasteiger partial charge in [0.15, 0.2) is 0 Å². The molecule has 0 aliphatic heterocycles. The smallest absolute Gasteiger partial charge is 0.327 e. The van der Waals surface area contributed by atoms with E-state index in [0.29, 0.717) is 6.42 Å². The number of rotatable bonds is 1. The standard InChI is InChI=1S/C7H12F3N/c8-7(9,10)4-5-2-1-3-6(5)11/h5-6H,1-4,11H2. The molecule has 66 valence electrons. The second kappa shape index (κ2) is 3.01. The lowest BCUT2D eigenvalue weighted by Gasteiger charge is -2.16. The Morgan fingerprint density at radius 3 is 2.27 bits per heavy atom. The molecule has 11 heavy (non-hydrogen) atoms. The Morgan fingerprint density at radius 2 is 1.91 bits per heavy atom. The summed E-state index contributed by atoms with van der Waals surface area (Å²) in [6.45, 7) is 0. The van der Waals surface area contributed by atoms with E-state index in [-0.39, 0.29) is 12.0 Å². The van der Waals surface area contributed by atoms with Gasteiger partial charge >= 0.3 is 6.18 Å². The van der Waals surface area contributed by atoms with Crippen molar-refractivity contribution in [3.05, 3.63) is 0 Å². The fraction of sp³-hybridized carbons (Fsp3) is 1.00. The molecule has 1 saturated carbocycles. The minimum absolute atomic E-state index is 0.225. The van der Waals surface area contributed by atoms with Crippen molar-refractivity contribution >= 4 is 0 Å². The highest BCUT2D eigenvalue weighted by Gasteiger charge is 2.36. The number of halogens is 3. The second-order valence-electron chi connectivity index (χ2n) is 3.17. The lowest BCUT2D eigenvalue weighted by atomic mass is 10.0. The van der Waals surface area contributed by atoms with Crippen LogP contribution in [-0.4, -0.2) is 12.2 Å². The predicted octanol–water partition coefficient (Wildman–Crippen LogP) is 2.07. The number of hydrogen-bond acceptors (Lipinski definition) is 1. The first-order chi connectivity index (χ1) is 4.99. The summed E-state index contributed by atoms with van der Waals surface area (Å²) in [6.07, 6.45) is -2.50. The van der Waals surface area contributed by atoms with E-state index in [0.717, 1.165) is 12.8 Å². The molecule has 0 aromatic rings. The first-order valence-corrected chi connectivity index (χ1v) is 3.81. The topological polar surface area (TPSA) is 26.0 Å². The Labute approximate surface area is 63.8 Å². The minimum atomic E-state index is -4.04. The Morgan fingerprint density at radius 1 is 1.27 bits per heavy atom. The van der Waals surface area contributed by atoms with Gasteiger partial charge in [-0.2, -0.15) is 13.2 Å². The summed E-state index contributed by atoms with van der Waals surface area (Å²) >= 11 is 0. The van der Waals surface area contributed by atoms with Gasteiger partial charge in [-0.05, 0) is 18.8 Å². The van der Waals surface area contributed by atoms with Crippen molar-refractivity contribution in [3.63, 3.8) is 0 Å². The van der Waals surface area contributed by atoms with E-state index in [9.17, 15) is 13.2 Å². The van der Waals surface area contributed by atoms with E-state index in [1.54, 1.807) is 0 Å². The molecule has 2 atom stereocenters. The Kier molecular flexibility index (Phi) is 2.42. The molecule has 0 spiro atoms.